The van der Waals surface area contributed by atoms with Gasteiger partial charge in [-0.2, -0.15) is 4.98 Å². The molecular weight excluding hydrogens is 295 g/mol. The first-order valence-electron chi connectivity index (χ1n) is 8.37. The van der Waals surface area contributed by atoms with Crippen LogP contribution < -0.4 is 10.5 Å². The van der Waals surface area contributed by atoms with Crippen LogP contribution in [0, 0.1) is 12.8 Å². The van der Waals surface area contributed by atoms with E-state index in [1.807, 2.05) is 16.4 Å². The molecule has 1 saturated carbocycles. The van der Waals surface area contributed by atoms with Gasteiger partial charge in [0.2, 0.25) is 5.95 Å². The third-order valence-electron chi connectivity index (χ3n) is 5.13. The number of anilines is 1. The predicted molar refractivity (Wildman–Crippen MR) is 87.7 cm³/mol. The second-order valence-electron chi connectivity index (χ2n) is 6.81. The third kappa shape index (κ3) is 2.40. The Bertz CT molecular complexity index is 791. The second-order valence-corrected chi connectivity index (χ2v) is 6.81. The van der Waals surface area contributed by atoms with Crippen molar-refractivity contribution in [1.29, 1.82) is 0 Å². The lowest BCUT2D eigenvalue weighted by Crippen LogP contribution is -2.48. The monoisotopic (exact) mass is 316 g/mol. The molecule has 6 heteroatoms. The number of hydrogen-bond donors (Lipinski definition) is 0. The maximum absolute atomic E-state index is 12.6. The molecule has 4 rings (SSSR count). The SMILES string of the molecule is Cc1cc(=O)n(C2CCCC2)c2nc(N3CC(CF)C3)ncc12. The molecule has 0 amide bonds. The lowest BCUT2D eigenvalue weighted by molar-refractivity contribution is 0.303. The summed E-state index contributed by atoms with van der Waals surface area (Å²) in [4.78, 5) is 23.6. The topological polar surface area (TPSA) is 51.0 Å². The summed E-state index contributed by atoms with van der Waals surface area (Å²) < 4.78 is 14.5. The van der Waals surface area contributed by atoms with Crippen molar-refractivity contribution >= 4 is 17.0 Å². The van der Waals surface area contributed by atoms with Crippen LogP contribution >= 0.6 is 0 Å². The van der Waals surface area contributed by atoms with Crippen LogP contribution in [-0.2, 0) is 0 Å². The molecule has 2 aromatic heterocycles. The number of aromatic nitrogens is 3. The summed E-state index contributed by atoms with van der Waals surface area (Å²) in [5.41, 5.74) is 1.67. The highest BCUT2D eigenvalue weighted by Crippen LogP contribution is 2.31. The highest BCUT2D eigenvalue weighted by atomic mass is 19.1. The highest BCUT2D eigenvalue weighted by molar-refractivity contribution is 5.79. The fraction of sp³-hybridized carbons (Fsp3) is 0.588. The minimum atomic E-state index is -0.296. The van der Waals surface area contributed by atoms with Crippen LogP contribution in [0.2, 0.25) is 0 Å². The standard InChI is InChI=1S/C17H21FN4O/c1-11-6-15(23)22(13-4-2-3-5-13)16-14(11)8-19-17(20-16)21-9-12(7-18)10-21/h6,8,12-13H,2-5,7,9-10H2,1H3. The quantitative estimate of drug-likeness (QED) is 0.873. The van der Waals surface area contributed by atoms with Crippen LogP contribution in [0.25, 0.3) is 11.0 Å². The van der Waals surface area contributed by atoms with Gasteiger partial charge < -0.3 is 4.90 Å². The van der Waals surface area contributed by atoms with E-state index >= 15 is 0 Å². The molecule has 3 heterocycles. The van der Waals surface area contributed by atoms with Crippen molar-refractivity contribution in [3.63, 3.8) is 0 Å². The van der Waals surface area contributed by atoms with Gasteiger partial charge in [0, 0.05) is 42.7 Å². The van der Waals surface area contributed by atoms with Gasteiger partial charge >= 0.3 is 0 Å². The van der Waals surface area contributed by atoms with Crippen molar-refractivity contribution in [3.05, 3.63) is 28.2 Å². The zero-order valence-electron chi connectivity index (χ0n) is 13.3. The molecule has 0 unspecified atom stereocenters. The normalized spacial score (nSPS) is 19.5. The van der Waals surface area contributed by atoms with E-state index in [1.165, 1.54) is 0 Å². The highest BCUT2D eigenvalue weighted by Gasteiger charge is 2.29. The number of halogens is 1. The molecule has 23 heavy (non-hydrogen) atoms. The number of aryl methyl sites for hydroxylation is 1. The minimum absolute atomic E-state index is 0.0248. The van der Waals surface area contributed by atoms with Crippen LogP contribution in [0.5, 0.6) is 0 Å². The van der Waals surface area contributed by atoms with E-state index in [0.29, 0.717) is 19.0 Å². The number of hydrogen-bond acceptors (Lipinski definition) is 4. The molecule has 1 aliphatic carbocycles. The van der Waals surface area contributed by atoms with E-state index in [-0.39, 0.29) is 24.2 Å². The molecule has 2 fully saturated rings. The minimum Gasteiger partial charge on any atom is -0.340 e. The molecule has 2 aromatic rings. The Kier molecular flexibility index (Phi) is 3.54. The van der Waals surface area contributed by atoms with Gasteiger partial charge in [-0.25, -0.2) is 4.98 Å². The van der Waals surface area contributed by atoms with E-state index in [9.17, 15) is 9.18 Å². The van der Waals surface area contributed by atoms with Crippen molar-refractivity contribution in [2.24, 2.45) is 5.92 Å². The van der Waals surface area contributed by atoms with Gasteiger partial charge in [0.15, 0.2) is 0 Å². The number of alkyl halides is 1. The summed E-state index contributed by atoms with van der Waals surface area (Å²) in [6.07, 6.45) is 6.19. The summed E-state index contributed by atoms with van der Waals surface area (Å²) in [6, 6.07) is 1.93. The molecule has 0 radical (unpaired) electrons. The second kappa shape index (κ2) is 5.58. The average Bonchev–Trinajstić information content (AvgIpc) is 3.00. The van der Waals surface area contributed by atoms with Gasteiger partial charge in [-0.1, -0.05) is 12.8 Å². The number of nitrogens with zero attached hydrogens (tertiary/aromatic N) is 4. The van der Waals surface area contributed by atoms with Crippen molar-refractivity contribution < 1.29 is 4.39 Å². The van der Waals surface area contributed by atoms with Crippen LogP contribution in [0.1, 0.15) is 37.3 Å². The van der Waals surface area contributed by atoms with Crippen LogP contribution in [0.3, 0.4) is 0 Å². The Morgan fingerprint density at radius 3 is 2.74 bits per heavy atom. The van der Waals surface area contributed by atoms with Crippen molar-refractivity contribution in [2.45, 2.75) is 38.6 Å². The molecule has 122 valence electrons. The first-order chi connectivity index (χ1) is 11.2. The Morgan fingerprint density at radius 1 is 1.30 bits per heavy atom. The molecule has 1 aliphatic heterocycles. The summed E-state index contributed by atoms with van der Waals surface area (Å²) >= 11 is 0. The van der Waals surface area contributed by atoms with E-state index in [4.69, 9.17) is 0 Å². The molecule has 5 nitrogen and oxygen atoms in total. The maximum Gasteiger partial charge on any atom is 0.252 e. The fourth-order valence-electron chi connectivity index (χ4n) is 3.76. The Labute approximate surface area is 134 Å². The summed E-state index contributed by atoms with van der Waals surface area (Å²) in [5.74, 6) is 0.697. The molecule has 1 saturated heterocycles. The van der Waals surface area contributed by atoms with E-state index in [0.717, 1.165) is 42.3 Å². The summed E-state index contributed by atoms with van der Waals surface area (Å²) in [5, 5.41) is 0.933. The zero-order valence-corrected chi connectivity index (χ0v) is 13.3. The molecule has 0 atom stereocenters. The van der Waals surface area contributed by atoms with Gasteiger partial charge in [-0.05, 0) is 25.3 Å². The molecule has 0 spiro atoms. The smallest absolute Gasteiger partial charge is 0.252 e. The van der Waals surface area contributed by atoms with Crippen LogP contribution in [-0.4, -0.2) is 34.3 Å². The first kappa shape index (κ1) is 14.6. The predicted octanol–water partition coefficient (Wildman–Crippen LogP) is 2.62. The van der Waals surface area contributed by atoms with E-state index < -0.39 is 0 Å². The van der Waals surface area contributed by atoms with Gasteiger partial charge in [0.05, 0.1) is 6.67 Å². The first-order valence-corrected chi connectivity index (χ1v) is 8.37. The van der Waals surface area contributed by atoms with Crippen molar-refractivity contribution in [2.75, 3.05) is 24.7 Å². The Balaban J connectivity index is 1.81. The Morgan fingerprint density at radius 2 is 2.04 bits per heavy atom. The van der Waals surface area contributed by atoms with Gasteiger partial charge in [0.1, 0.15) is 5.65 Å². The molecule has 0 aromatic carbocycles. The van der Waals surface area contributed by atoms with Crippen molar-refractivity contribution in [3.8, 4) is 0 Å². The fourth-order valence-corrected chi connectivity index (χ4v) is 3.76. The van der Waals surface area contributed by atoms with E-state index in [2.05, 4.69) is 9.97 Å². The van der Waals surface area contributed by atoms with Gasteiger partial charge in [0.25, 0.3) is 5.56 Å². The maximum atomic E-state index is 12.6. The van der Waals surface area contributed by atoms with Gasteiger partial charge in [-0.15, -0.1) is 0 Å². The average molecular weight is 316 g/mol. The summed E-state index contributed by atoms with van der Waals surface area (Å²) in [6.45, 7) is 2.94. The number of pyridine rings is 1. The zero-order chi connectivity index (χ0) is 16.0. The number of fused-ring (bicyclic) bond motifs is 1. The van der Waals surface area contributed by atoms with Crippen LogP contribution in [0.4, 0.5) is 10.3 Å². The molecular formula is C17H21FN4O. The molecule has 2 aliphatic rings. The molecule has 0 N–H and O–H groups in total. The largest absolute Gasteiger partial charge is 0.340 e. The number of rotatable bonds is 3. The van der Waals surface area contributed by atoms with Gasteiger partial charge in [-0.3, -0.25) is 13.8 Å². The Hall–Kier alpha value is -1.98. The van der Waals surface area contributed by atoms with Crippen LogP contribution in [0.15, 0.2) is 17.1 Å². The third-order valence-corrected chi connectivity index (χ3v) is 5.13. The lowest BCUT2D eigenvalue weighted by atomic mass is 10.0. The van der Waals surface area contributed by atoms with E-state index in [1.54, 1.807) is 12.3 Å². The lowest BCUT2D eigenvalue weighted by Gasteiger charge is -2.37. The van der Waals surface area contributed by atoms with Crippen molar-refractivity contribution in [1.82, 2.24) is 14.5 Å². The summed E-state index contributed by atoms with van der Waals surface area (Å²) in [7, 11) is 0. The molecule has 0 bridgehead atoms.